The number of carbonyl (C=O) groups is 2. The van der Waals surface area contributed by atoms with Crippen molar-refractivity contribution in [3.05, 3.63) is 102 Å². The monoisotopic (exact) mass is 374 g/mol. The van der Waals surface area contributed by atoms with Gasteiger partial charge in [0.2, 0.25) is 0 Å². The van der Waals surface area contributed by atoms with E-state index in [1.165, 1.54) is 0 Å². The van der Waals surface area contributed by atoms with Gasteiger partial charge >= 0.3 is 0 Å². The molecule has 1 unspecified atom stereocenters. The van der Waals surface area contributed by atoms with Crippen LogP contribution >= 0.6 is 0 Å². The largest absolute Gasteiger partial charge is 0.530 e. The van der Waals surface area contributed by atoms with E-state index in [0.29, 0.717) is 11.3 Å². The minimum absolute atomic E-state index is 0.0293. The molecule has 0 saturated heterocycles. The van der Waals surface area contributed by atoms with Gasteiger partial charge in [0.15, 0.2) is 0 Å². The molecule has 3 aromatic rings. The molecule has 3 rings (SSSR count). The van der Waals surface area contributed by atoms with Crippen molar-refractivity contribution < 1.29 is 14.7 Å². The molecule has 0 aromatic heterocycles. The number of amides is 2. The van der Waals surface area contributed by atoms with E-state index in [4.69, 9.17) is 0 Å². The Morgan fingerprint density at radius 3 is 1.93 bits per heavy atom. The Balaban J connectivity index is 1.86. The van der Waals surface area contributed by atoms with E-state index < -0.39 is 18.0 Å². The van der Waals surface area contributed by atoms with Crippen LogP contribution in [0.2, 0.25) is 0 Å². The van der Waals surface area contributed by atoms with Crippen LogP contribution in [0, 0.1) is 0 Å². The molecule has 2 amide bonds. The summed E-state index contributed by atoms with van der Waals surface area (Å²) < 4.78 is 0. The zero-order chi connectivity index (χ0) is 19.8. The van der Waals surface area contributed by atoms with E-state index in [0.717, 1.165) is 10.5 Å². The number of nitrogens with one attached hydrogen (secondary N) is 2. The summed E-state index contributed by atoms with van der Waals surface area (Å²) in [6, 6.07) is 25.9. The van der Waals surface area contributed by atoms with Crippen LogP contribution in [0.3, 0.4) is 0 Å². The maximum atomic E-state index is 12.9. The minimum Gasteiger partial charge on any atom is -0.530 e. The van der Waals surface area contributed by atoms with Gasteiger partial charge in [0.1, 0.15) is 12.1 Å². The van der Waals surface area contributed by atoms with E-state index in [1.807, 2.05) is 36.4 Å². The lowest BCUT2D eigenvalue weighted by Gasteiger charge is -2.33. The second-order valence-electron chi connectivity index (χ2n) is 6.17. The molecule has 0 spiro atoms. The van der Waals surface area contributed by atoms with Crippen LogP contribution in [0.4, 0.5) is 10.5 Å². The SMILES string of the molecule is O=C(NNc1ccccc1)C(c1ccccc1)N(Cc1ccccc1)C(=O)[O-]. The zero-order valence-electron chi connectivity index (χ0n) is 15.1. The van der Waals surface area contributed by atoms with Gasteiger partial charge in [-0.1, -0.05) is 78.9 Å². The van der Waals surface area contributed by atoms with Crippen LogP contribution in [-0.2, 0) is 11.3 Å². The summed E-state index contributed by atoms with van der Waals surface area (Å²) in [5, 5.41) is 11.9. The number of hydrogen-bond donors (Lipinski definition) is 2. The van der Waals surface area contributed by atoms with Crippen molar-refractivity contribution in [2.45, 2.75) is 12.6 Å². The molecule has 0 radical (unpaired) electrons. The molecule has 1 atom stereocenters. The van der Waals surface area contributed by atoms with Gasteiger partial charge in [-0.2, -0.15) is 0 Å². The van der Waals surface area contributed by atoms with Crippen LogP contribution in [0.1, 0.15) is 17.2 Å². The molecule has 28 heavy (non-hydrogen) atoms. The van der Waals surface area contributed by atoms with Crippen LogP contribution < -0.4 is 16.0 Å². The Bertz CT molecular complexity index is 902. The molecule has 6 nitrogen and oxygen atoms in total. The van der Waals surface area contributed by atoms with Crippen molar-refractivity contribution in [2.24, 2.45) is 0 Å². The lowest BCUT2D eigenvalue weighted by Crippen LogP contribution is -2.49. The highest BCUT2D eigenvalue weighted by atomic mass is 16.4. The number of carbonyl (C=O) groups excluding carboxylic acids is 2. The highest BCUT2D eigenvalue weighted by molar-refractivity contribution is 5.87. The number of hydrazine groups is 1. The first-order valence-corrected chi connectivity index (χ1v) is 8.82. The third-order valence-electron chi connectivity index (χ3n) is 4.21. The minimum atomic E-state index is -1.42. The van der Waals surface area contributed by atoms with Gasteiger partial charge in [0.05, 0.1) is 5.69 Å². The Kier molecular flexibility index (Phi) is 6.25. The normalized spacial score (nSPS) is 11.3. The number of benzene rings is 3. The van der Waals surface area contributed by atoms with Crippen molar-refractivity contribution in [3.8, 4) is 0 Å². The predicted octanol–water partition coefficient (Wildman–Crippen LogP) is 2.72. The summed E-state index contributed by atoms with van der Waals surface area (Å²) in [6.07, 6.45) is -1.42. The Morgan fingerprint density at radius 2 is 1.36 bits per heavy atom. The highest BCUT2D eigenvalue weighted by Crippen LogP contribution is 2.23. The van der Waals surface area contributed by atoms with Crippen molar-refractivity contribution in [3.63, 3.8) is 0 Å². The van der Waals surface area contributed by atoms with Crippen molar-refractivity contribution >= 4 is 17.7 Å². The fourth-order valence-corrected chi connectivity index (χ4v) is 2.87. The maximum Gasteiger partial charge on any atom is 0.265 e. The molecule has 0 saturated carbocycles. The average molecular weight is 374 g/mol. The standard InChI is InChI=1S/C22H21N3O3/c26-21(24-23-19-14-8-3-9-15-19)20(18-12-6-2-7-13-18)25(22(27)28)16-17-10-4-1-5-11-17/h1-15,20,23H,16H2,(H,24,26)(H,27,28)/p-1. The van der Waals surface area contributed by atoms with Gasteiger partial charge < -0.3 is 14.8 Å². The lowest BCUT2D eigenvalue weighted by atomic mass is 10.0. The molecule has 0 aliphatic heterocycles. The first kappa shape index (κ1) is 19.0. The number of nitrogens with zero attached hydrogens (tertiary/aromatic N) is 1. The fourth-order valence-electron chi connectivity index (χ4n) is 2.87. The molecule has 2 N–H and O–H groups in total. The smallest absolute Gasteiger partial charge is 0.265 e. The van der Waals surface area contributed by atoms with Crippen LogP contribution in [0.15, 0.2) is 91.0 Å². The van der Waals surface area contributed by atoms with Gasteiger partial charge in [-0.3, -0.25) is 15.6 Å². The predicted molar refractivity (Wildman–Crippen MR) is 105 cm³/mol. The van der Waals surface area contributed by atoms with Gasteiger partial charge in [-0.05, 0) is 23.3 Å². The summed E-state index contributed by atoms with van der Waals surface area (Å²) in [5.74, 6) is -0.504. The summed E-state index contributed by atoms with van der Waals surface area (Å²) in [4.78, 5) is 25.9. The molecular weight excluding hydrogens is 354 g/mol. The molecule has 6 heteroatoms. The second-order valence-corrected chi connectivity index (χ2v) is 6.17. The number of hydrogen-bond acceptors (Lipinski definition) is 4. The molecule has 0 aliphatic carbocycles. The third kappa shape index (κ3) is 4.88. The number of carboxylic acid groups (broad SMARTS) is 1. The van der Waals surface area contributed by atoms with Crippen LogP contribution in [0.5, 0.6) is 0 Å². The molecule has 0 bridgehead atoms. The molecule has 0 fully saturated rings. The molecular formula is C22H20N3O3-. The van der Waals surface area contributed by atoms with E-state index in [-0.39, 0.29) is 6.54 Å². The zero-order valence-corrected chi connectivity index (χ0v) is 15.1. The average Bonchev–Trinajstić information content (AvgIpc) is 2.74. The Morgan fingerprint density at radius 1 is 0.821 bits per heavy atom. The van der Waals surface area contributed by atoms with E-state index in [1.54, 1.807) is 54.6 Å². The van der Waals surface area contributed by atoms with E-state index in [9.17, 15) is 14.7 Å². The van der Waals surface area contributed by atoms with Crippen LogP contribution in [-0.4, -0.2) is 16.9 Å². The number of para-hydroxylation sites is 1. The van der Waals surface area contributed by atoms with Gasteiger partial charge in [-0.25, -0.2) is 0 Å². The topological polar surface area (TPSA) is 84.5 Å². The molecule has 0 heterocycles. The number of rotatable bonds is 7. The highest BCUT2D eigenvalue weighted by Gasteiger charge is 2.28. The van der Waals surface area contributed by atoms with Crippen molar-refractivity contribution in [1.82, 2.24) is 10.3 Å². The van der Waals surface area contributed by atoms with E-state index in [2.05, 4.69) is 10.9 Å². The van der Waals surface area contributed by atoms with Gasteiger partial charge in [-0.15, -0.1) is 0 Å². The number of anilines is 1. The summed E-state index contributed by atoms with van der Waals surface area (Å²) in [5.41, 5.74) is 7.41. The van der Waals surface area contributed by atoms with Crippen LogP contribution in [0.25, 0.3) is 0 Å². The maximum absolute atomic E-state index is 12.9. The second kappa shape index (κ2) is 9.23. The van der Waals surface area contributed by atoms with Crippen molar-refractivity contribution in [1.29, 1.82) is 0 Å². The molecule has 142 valence electrons. The Hall–Kier alpha value is -3.80. The molecule has 0 aliphatic rings. The van der Waals surface area contributed by atoms with E-state index >= 15 is 0 Å². The quantitative estimate of drug-likeness (QED) is 0.623. The summed E-state index contributed by atoms with van der Waals surface area (Å²) in [7, 11) is 0. The Labute approximate surface area is 163 Å². The lowest BCUT2D eigenvalue weighted by molar-refractivity contribution is -0.268. The van der Waals surface area contributed by atoms with Gasteiger partial charge in [0, 0.05) is 6.54 Å². The summed E-state index contributed by atoms with van der Waals surface area (Å²) in [6.45, 7) is 0.0293. The van der Waals surface area contributed by atoms with Gasteiger partial charge in [0.25, 0.3) is 5.91 Å². The molecule has 3 aromatic carbocycles. The fraction of sp³-hybridized carbons (Fsp3) is 0.0909. The first-order valence-electron chi connectivity index (χ1n) is 8.82. The first-order chi connectivity index (χ1) is 13.6. The van der Waals surface area contributed by atoms with Crippen molar-refractivity contribution in [2.75, 3.05) is 5.43 Å². The summed E-state index contributed by atoms with van der Waals surface area (Å²) >= 11 is 0. The third-order valence-corrected chi connectivity index (χ3v) is 4.21.